The molecular weight excluding hydrogens is 350 g/mol. The van der Waals surface area contributed by atoms with Crippen molar-refractivity contribution < 1.29 is 13.5 Å². The van der Waals surface area contributed by atoms with Crippen molar-refractivity contribution in [3.05, 3.63) is 52.7 Å². The monoisotopic (exact) mass is 360 g/mol. The molecule has 8 heteroatoms. The summed E-state index contributed by atoms with van der Waals surface area (Å²) in [6, 6.07) is 6.56. The molecule has 0 spiro atoms. The molecule has 0 fully saturated rings. The second-order valence-corrected chi connectivity index (χ2v) is 5.89. The van der Waals surface area contributed by atoms with Crippen molar-refractivity contribution in [1.29, 1.82) is 0 Å². The number of ether oxygens (including phenoxy) is 1. The lowest BCUT2D eigenvalue weighted by molar-refractivity contribution is 0.415. The van der Waals surface area contributed by atoms with E-state index in [0.717, 1.165) is 0 Å². The van der Waals surface area contributed by atoms with Crippen LogP contribution in [0.25, 0.3) is 28.1 Å². The van der Waals surface area contributed by atoms with Crippen LogP contribution in [0, 0.1) is 18.6 Å². The molecule has 5 nitrogen and oxygen atoms in total. The smallest absolute Gasteiger partial charge is 0.183 e. The van der Waals surface area contributed by atoms with Gasteiger partial charge in [-0.2, -0.15) is 0 Å². The maximum atomic E-state index is 14.0. The molecule has 0 aliphatic carbocycles. The second-order valence-electron chi connectivity index (χ2n) is 5.48. The van der Waals surface area contributed by atoms with Crippen molar-refractivity contribution in [2.45, 2.75) is 6.92 Å². The van der Waals surface area contributed by atoms with Crippen LogP contribution in [0.15, 0.2) is 30.3 Å². The highest BCUT2D eigenvalue weighted by molar-refractivity contribution is 6.33. The van der Waals surface area contributed by atoms with E-state index in [0.29, 0.717) is 33.8 Å². The van der Waals surface area contributed by atoms with Gasteiger partial charge in [0, 0.05) is 17.7 Å². The molecule has 2 heterocycles. The molecule has 0 bridgehead atoms. The van der Waals surface area contributed by atoms with E-state index in [9.17, 15) is 8.78 Å². The normalized spacial score (nSPS) is 11.4. The number of hydrogen-bond donors (Lipinski definition) is 0. The van der Waals surface area contributed by atoms with Crippen molar-refractivity contribution in [3.8, 4) is 17.1 Å². The maximum absolute atomic E-state index is 14.0. The van der Waals surface area contributed by atoms with Crippen LogP contribution in [0.1, 0.15) is 5.69 Å². The molecule has 0 atom stereocenters. The van der Waals surface area contributed by atoms with E-state index < -0.39 is 11.6 Å². The molecule has 0 amide bonds. The average molecular weight is 361 g/mol. The van der Waals surface area contributed by atoms with E-state index in [4.69, 9.17) is 16.3 Å². The van der Waals surface area contributed by atoms with Gasteiger partial charge in [-0.3, -0.25) is 4.40 Å². The Balaban J connectivity index is 2.17. The average Bonchev–Trinajstić information content (AvgIpc) is 2.91. The summed E-state index contributed by atoms with van der Waals surface area (Å²) in [6.07, 6.45) is 0. The number of aryl methyl sites for hydroxylation is 1. The standard InChI is InChI=1S/C17H11ClF2N4O/c1-8-16-23-22-15-13(6-10(20)7-14(15)25-2)24(16)17(21-8)11-4-3-9(19)5-12(11)18/h3-7H,1-2H3. The summed E-state index contributed by atoms with van der Waals surface area (Å²) < 4.78 is 34.3. The Hall–Kier alpha value is -2.80. The molecule has 0 aliphatic heterocycles. The number of imidazole rings is 1. The fourth-order valence-electron chi connectivity index (χ4n) is 2.80. The van der Waals surface area contributed by atoms with Crippen molar-refractivity contribution in [1.82, 2.24) is 19.6 Å². The Kier molecular flexibility index (Phi) is 3.54. The molecule has 4 aromatic rings. The van der Waals surface area contributed by atoms with Crippen LogP contribution in [0.2, 0.25) is 5.02 Å². The first-order valence-electron chi connectivity index (χ1n) is 7.34. The number of nitrogens with zero attached hydrogens (tertiary/aromatic N) is 4. The minimum Gasteiger partial charge on any atom is -0.494 e. The first-order valence-corrected chi connectivity index (χ1v) is 7.72. The summed E-state index contributed by atoms with van der Waals surface area (Å²) in [5.41, 5.74) is 2.36. The molecule has 25 heavy (non-hydrogen) atoms. The topological polar surface area (TPSA) is 52.3 Å². The van der Waals surface area contributed by atoms with Gasteiger partial charge in [0.15, 0.2) is 16.9 Å². The van der Waals surface area contributed by atoms with E-state index in [1.54, 1.807) is 11.3 Å². The molecule has 0 aliphatic rings. The van der Waals surface area contributed by atoms with E-state index in [-0.39, 0.29) is 10.8 Å². The SMILES string of the molecule is COc1cc(F)cc2c1nnc1c(C)nc(-c3ccc(F)cc3Cl)n12. The number of fused-ring (bicyclic) bond motifs is 3. The van der Waals surface area contributed by atoms with Crippen molar-refractivity contribution in [2.24, 2.45) is 0 Å². The number of methoxy groups -OCH3 is 1. The van der Waals surface area contributed by atoms with Crippen LogP contribution < -0.4 is 4.74 Å². The number of halogens is 3. The molecule has 126 valence electrons. The number of rotatable bonds is 2. The predicted octanol–water partition coefficient (Wildman–Crippen LogP) is 4.19. The number of hydrogen-bond acceptors (Lipinski definition) is 4. The quantitative estimate of drug-likeness (QED) is 0.538. The first-order chi connectivity index (χ1) is 12.0. The van der Waals surface area contributed by atoms with E-state index in [2.05, 4.69) is 15.2 Å². The lowest BCUT2D eigenvalue weighted by atomic mass is 10.2. The Morgan fingerprint density at radius 1 is 1.08 bits per heavy atom. The summed E-state index contributed by atoms with van der Waals surface area (Å²) in [6.45, 7) is 1.76. The van der Waals surface area contributed by atoms with Crippen LogP contribution in [0.4, 0.5) is 8.78 Å². The minimum atomic E-state index is -0.485. The lowest BCUT2D eigenvalue weighted by Gasteiger charge is -2.09. The third-order valence-corrected chi connectivity index (χ3v) is 4.23. The van der Waals surface area contributed by atoms with Gasteiger partial charge < -0.3 is 4.74 Å². The number of benzene rings is 2. The van der Waals surface area contributed by atoms with Gasteiger partial charge in [0.25, 0.3) is 0 Å². The maximum Gasteiger partial charge on any atom is 0.183 e. The molecule has 2 aromatic heterocycles. The van der Waals surface area contributed by atoms with Gasteiger partial charge in [0.05, 0.1) is 23.3 Å². The highest BCUT2D eigenvalue weighted by atomic mass is 35.5. The van der Waals surface area contributed by atoms with Gasteiger partial charge in [0.1, 0.15) is 17.5 Å². The van der Waals surface area contributed by atoms with Crippen LogP contribution in [0.3, 0.4) is 0 Å². The highest BCUT2D eigenvalue weighted by Crippen LogP contribution is 2.33. The summed E-state index contributed by atoms with van der Waals surface area (Å²) in [5, 5.41) is 8.50. The number of aromatic nitrogens is 4. The first kappa shape index (κ1) is 15.7. The Bertz CT molecular complexity index is 1140. The minimum absolute atomic E-state index is 0.195. The van der Waals surface area contributed by atoms with Gasteiger partial charge in [-0.15, -0.1) is 10.2 Å². The van der Waals surface area contributed by atoms with Crippen LogP contribution in [-0.2, 0) is 0 Å². The fourth-order valence-corrected chi connectivity index (χ4v) is 3.05. The van der Waals surface area contributed by atoms with Gasteiger partial charge in [-0.05, 0) is 25.1 Å². The van der Waals surface area contributed by atoms with E-state index >= 15 is 0 Å². The van der Waals surface area contributed by atoms with Gasteiger partial charge in [0.2, 0.25) is 0 Å². The third kappa shape index (κ3) is 2.39. The zero-order valence-electron chi connectivity index (χ0n) is 13.2. The lowest BCUT2D eigenvalue weighted by Crippen LogP contribution is -2.00. The fraction of sp³-hybridized carbons (Fsp3) is 0.118. The van der Waals surface area contributed by atoms with Crippen molar-refractivity contribution in [3.63, 3.8) is 0 Å². The Labute approximate surface area is 145 Å². The zero-order valence-corrected chi connectivity index (χ0v) is 14.0. The summed E-state index contributed by atoms with van der Waals surface area (Å²) >= 11 is 6.19. The highest BCUT2D eigenvalue weighted by Gasteiger charge is 2.19. The van der Waals surface area contributed by atoms with E-state index in [1.807, 2.05) is 0 Å². The summed E-state index contributed by atoms with van der Waals surface area (Å²) in [5.74, 6) is -0.262. The molecule has 0 radical (unpaired) electrons. The van der Waals surface area contributed by atoms with Crippen LogP contribution >= 0.6 is 11.6 Å². The van der Waals surface area contributed by atoms with Crippen LogP contribution in [0.5, 0.6) is 5.75 Å². The van der Waals surface area contributed by atoms with Gasteiger partial charge in [-0.1, -0.05) is 11.6 Å². The van der Waals surface area contributed by atoms with Crippen LogP contribution in [-0.4, -0.2) is 26.7 Å². The third-order valence-electron chi connectivity index (χ3n) is 3.92. The zero-order chi connectivity index (χ0) is 17.7. The second kappa shape index (κ2) is 5.63. The largest absolute Gasteiger partial charge is 0.494 e. The molecular formula is C17H11ClF2N4O. The van der Waals surface area contributed by atoms with Crippen molar-refractivity contribution >= 4 is 28.3 Å². The Morgan fingerprint density at radius 3 is 2.60 bits per heavy atom. The van der Waals surface area contributed by atoms with Crippen molar-refractivity contribution in [2.75, 3.05) is 7.11 Å². The summed E-state index contributed by atoms with van der Waals surface area (Å²) in [7, 11) is 1.43. The van der Waals surface area contributed by atoms with E-state index in [1.165, 1.54) is 37.4 Å². The molecule has 4 rings (SSSR count). The summed E-state index contributed by atoms with van der Waals surface area (Å²) in [4.78, 5) is 4.48. The Morgan fingerprint density at radius 2 is 1.88 bits per heavy atom. The van der Waals surface area contributed by atoms with Gasteiger partial charge >= 0.3 is 0 Å². The molecule has 0 N–H and O–H groups in total. The predicted molar refractivity (Wildman–Crippen MR) is 89.9 cm³/mol. The molecule has 2 aromatic carbocycles. The molecule has 0 saturated heterocycles. The molecule has 0 unspecified atom stereocenters. The molecule has 0 saturated carbocycles. The van der Waals surface area contributed by atoms with Gasteiger partial charge in [-0.25, -0.2) is 13.8 Å².